The molecule has 0 fully saturated rings. The molecule has 0 saturated heterocycles. The van der Waals surface area contributed by atoms with Crippen LogP contribution in [0.1, 0.15) is 33.7 Å². The summed E-state index contributed by atoms with van der Waals surface area (Å²) in [6.07, 6.45) is 1.95. The van der Waals surface area contributed by atoms with Crippen LogP contribution in [0.3, 0.4) is 0 Å². The van der Waals surface area contributed by atoms with Gasteiger partial charge in [-0.1, -0.05) is 30.3 Å². The molecule has 2 rings (SSSR count). The third-order valence-electron chi connectivity index (χ3n) is 3.79. The van der Waals surface area contributed by atoms with E-state index in [1.165, 1.54) is 5.56 Å². The van der Waals surface area contributed by atoms with Gasteiger partial charge in [-0.05, 0) is 38.3 Å². The van der Waals surface area contributed by atoms with Gasteiger partial charge < -0.3 is 9.88 Å². The van der Waals surface area contributed by atoms with E-state index in [2.05, 4.69) is 17.4 Å². The van der Waals surface area contributed by atoms with Crippen molar-refractivity contribution in [1.29, 1.82) is 0 Å². The van der Waals surface area contributed by atoms with E-state index >= 15 is 0 Å². The summed E-state index contributed by atoms with van der Waals surface area (Å²) in [4.78, 5) is 12.1. The number of nitrogens with zero attached hydrogens (tertiary/aromatic N) is 1. The van der Waals surface area contributed by atoms with Crippen molar-refractivity contribution in [3.05, 3.63) is 58.9 Å². The molecule has 0 aliphatic carbocycles. The molecule has 0 aliphatic heterocycles. The Labute approximate surface area is 120 Å². The molecule has 0 aliphatic rings. The van der Waals surface area contributed by atoms with Gasteiger partial charge in [0.25, 0.3) is 5.91 Å². The average Bonchev–Trinajstić information content (AvgIpc) is 2.72. The predicted molar refractivity (Wildman–Crippen MR) is 82.0 cm³/mol. The SMILES string of the molecule is Cc1cc(C(=O)NCCCc2ccccc2)c(C)n1C. The molecular formula is C17H22N2O. The number of hydrogen-bond donors (Lipinski definition) is 1. The molecule has 0 atom stereocenters. The number of aromatic nitrogens is 1. The standard InChI is InChI=1S/C17H22N2O/c1-13-12-16(14(2)19(13)3)17(20)18-11-7-10-15-8-5-4-6-9-15/h4-6,8-9,12H,7,10-11H2,1-3H3,(H,18,20). The maximum absolute atomic E-state index is 12.1. The molecule has 1 N–H and O–H groups in total. The maximum Gasteiger partial charge on any atom is 0.253 e. The summed E-state index contributed by atoms with van der Waals surface area (Å²) in [5, 5.41) is 3.00. The van der Waals surface area contributed by atoms with Gasteiger partial charge in [-0.15, -0.1) is 0 Å². The molecule has 0 bridgehead atoms. The van der Waals surface area contributed by atoms with Crippen molar-refractivity contribution in [1.82, 2.24) is 9.88 Å². The quantitative estimate of drug-likeness (QED) is 0.833. The second kappa shape index (κ2) is 6.42. The molecule has 1 aromatic heterocycles. The highest BCUT2D eigenvalue weighted by atomic mass is 16.1. The zero-order valence-corrected chi connectivity index (χ0v) is 12.4. The monoisotopic (exact) mass is 270 g/mol. The van der Waals surface area contributed by atoms with Crippen LogP contribution < -0.4 is 5.32 Å². The molecule has 2 aromatic rings. The van der Waals surface area contributed by atoms with Crippen molar-refractivity contribution in [3.63, 3.8) is 0 Å². The Morgan fingerprint density at radius 2 is 1.90 bits per heavy atom. The zero-order valence-electron chi connectivity index (χ0n) is 12.4. The van der Waals surface area contributed by atoms with Crippen molar-refractivity contribution in [2.24, 2.45) is 7.05 Å². The Kier molecular flexibility index (Phi) is 4.61. The lowest BCUT2D eigenvalue weighted by atomic mass is 10.1. The van der Waals surface area contributed by atoms with Gasteiger partial charge in [0.15, 0.2) is 0 Å². The Bertz CT molecular complexity index is 585. The van der Waals surface area contributed by atoms with E-state index in [0.29, 0.717) is 6.54 Å². The molecule has 1 heterocycles. The minimum atomic E-state index is 0.0271. The highest BCUT2D eigenvalue weighted by Gasteiger charge is 2.12. The fourth-order valence-electron chi connectivity index (χ4n) is 2.32. The van der Waals surface area contributed by atoms with Gasteiger partial charge in [0, 0.05) is 25.0 Å². The van der Waals surface area contributed by atoms with Gasteiger partial charge >= 0.3 is 0 Å². The van der Waals surface area contributed by atoms with E-state index in [9.17, 15) is 4.79 Å². The van der Waals surface area contributed by atoms with Crippen LogP contribution in [0, 0.1) is 13.8 Å². The second-order valence-corrected chi connectivity index (χ2v) is 5.19. The van der Waals surface area contributed by atoms with Gasteiger partial charge in [-0.2, -0.15) is 0 Å². The summed E-state index contributed by atoms with van der Waals surface area (Å²) in [5.74, 6) is 0.0271. The molecule has 106 valence electrons. The van der Waals surface area contributed by atoms with Gasteiger partial charge in [0.1, 0.15) is 0 Å². The highest BCUT2D eigenvalue weighted by Crippen LogP contribution is 2.12. The number of carbonyl (C=O) groups excluding carboxylic acids is 1. The summed E-state index contributed by atoms with van der Waals surface area (Å²) < 4.78 is 2.04. The largest absolute Gasteiger partial charge is 0.352 e. The first kappa shape index (κ1) is 14.4. The lowest BCUT2D eigenvalue weighted by Crippen LogP contribution is -2.25. The smallest absolute Gasteiger partial charge is 0.253 e. The van der Waals surface area contributed by atoms with Crippen molar-refractivity contribution in [2.45, 2.75) is 26.7 Å². The van der Waals surface area contributed by atoms with Gasteiger partial charge in [0.2, 0.25) is 0 Å². The number of carbonyl (C=O) groups is 1. The first-order valence-electron chi connectivity index (χ1n) is 7.04. The highest BCUT2D eigenvalue weighted by molar-refractivity contribution is 5.95. The number of amides is 1. The summed E-state index contributed by atoms with van der Waals surface area (Å²) in [6.45, 7) is 4.70. The van der Waals surface area contributed by atoms with E-state index in [1.807, 2.05) is 49.7 Å². The fourth-order valence-corrected chi connectivity index (χ4v) is 2.32. The molecule has 1 aromatic carbocycles. The van der Waals surface area contributed by atoms with Gasteiger partial charge in [-0.3, -0.25) is 4.79 Å². The number of rotatable bonds is 5. The molecule has 0 spiro atoms. The lowest BCUT2D eigenvalue weighted by Gasteiger charge is -2.06. The normalized spacial score (nSPS) is 10.6. The Balaban J connectivity index is 1.82. The van der Waals surface area contributed by atoms with E-state index in [1.54, 1.807) is 0 Å². The average molecular weight is 270 g/mol. The van der Waals surface area contributed by atoms with Crippen molar-refractivity contribution < 1.29 is 4.79 Å². The van der Waals surface area contributed by atoms with Crippen LogP contribution >= 0.6 is 0 Å². The third-order valence-corrected chi connectivity index (χ3v) is 3.79. The molecule has 0 unspecified atom stereocenters. The molecule has 20 heavy (non-hydrogen) atoms. The molecule has 3 heteroatoms. The Morgan fingerprint density at radius 3 is 2.50 bits per heavy atom. The minimum absolute atomic E-state index is 0.0271. The van der Waals surface area contributed by atoms with Crippen LogP contribution in [0.25, 0.3) is 0 Å². The number of aryl methyl sites for hydroxylation is 2. The van der Waals surface area contributed by atoms with Gasteiger partial charge in [-0.25, -0.2) is 0 Å². The Hall–Kier alpha value is -2.03. The second-order valence-electron chi connectivity index (χ2n) is 5.19. The molecular weight excluding hydrogens is 248 g/mol. The predicted octanol–water partition coefficient (Wildman–Crippen LogP) is 3.00. The van der Waals surface area contributed by atoms with Crippen LogP contribution in [-0.2, 0) is 13.5 Å². The van der Waals surface area contributed by atoms with E-state index < -0.39 is 0 Å². The van der Waals surface area contributed by atoms with E-state index in [0.717, 1.165) is 29.8 Å². The van der Waals surface area contributed by atoms with Crippen LogP contribution in [0.15, 0.2) is 36.4 Å². The van der Waals surface area contributed by atoms with E-state index in [-0.39, 0.29) is 5.91 Å². The summed E-state index contributed by atoms with van der Waals surface area (Å²) in [5.41, 5.74) is 4.22. The lowest BCUT2D eigenvalue weighted by molar-refractivity contribution is 0.0952. The first-order chi connectivity index (χ1) is 9.59. The zero-order chi connectivity index (χ0) is 14.5. The third kappa shape index (κ3) is 3.29. The Morgan fingerprint density at radius 1 is 1.20 bits per heavy atom. The van der Waals surface area contributed by atoms with E-state index in [4.69, 9.17) is 0 Å². The topological polar surface area (TPSA) is 34.0 Å². The summed E-state index contributed by atoms with van der Waals surface area (Å²) in [7, 11) is 1.98. The molecule has 0 radical (unpaired) electrons. The van der Waals surface area contributed by atoms with Crippen LogP contribution in [0.2, 0.25) is 0 Å². The van der Waals surface area contributed by atoms with Gasteiger partial charge in [0.05, 0.1) is 5.56 Å². The number of nitrogens with one attached hydrogen (secondary N) is 1. The fraction of sp³-hybridized carbons (Fsp3) is 0.353. The number of hydrogen-bond acceptors (Lipinski definition) is 1. The minimum Gasteiger partial charge on any atom is -0.352 e. The van der Waals surface area contributed by atoms with Crippen molar-refractivity contribution >= 4 is 5.91 Å². The summed E-state index contributed by atoms with van der Waals surface area (Å²) >= 11 is 0. The van der Waals surface area contributed by atoms with Crippen LogP contribution in [0.5, 0.6) is 0 Å². The molecule has 1 amide bonds. The molecule has 0 saturated carbocycles. The van der Waals surface area contributed by atoms with Crippen LogP contribution in [0.4, 0.5) is 0 Å². The van der Waals surface area contributed by atoms with Crippen LogP contribution in [-0.4, -0.2) is 17.0 Å². The maximum atomic E-state index is 12.1. The summed E-state index contributed by atoms with van der Waals surface area (Å²) in [6, 6.07) is 12.3. The first-order valence-corrected chi connectivity index (χ1v) is 7.04. The molecule has 3 nitrogen and oxygen atoms in total. The van der Waals surface area contributed by atoms with Crippen molar-refractivity contribution in [2.75, 3.05) is 6.54 Å². The van der Waals surface area contributed by atoms with Crippen molar-refractivity contribution in [3.8, 4) is 0 Å². The number of benzene rings is 1.